The van der Waals surface area contributed by atoms with Gasteiger partial charge in [-0.3, -0.25) is 4.68 Å². The fourth-order valence-electron chi connectivity index (χ4n) is 2.16. The molecule has 0 spiro atoms. The van der Waals surface area contributed by atoms with Crippen LogP contribution in [0.15, 0.2) is 6.33 Å². The zero-order chi connectivity index (χ0) is 13.4. The lowest BCUT2D eigenvalue weighted by atomic mass is 10.0. The van der Waals surface area contributed by atoms with Crippen molar-refractivity contribution in [3.63, 3.8) is 0 Å². The second-order valence-corrected chi connectivity index (χ2v) is 5.33. The van der Waals surface area contributed by atoms with Crippen molar-refractivity contribution in [2.75, 3.05) is 6.54 Å². The molecule has 4 nitrogen and oxygen atoms in total. The summed E-state index contributed by atoms with van der Waals surface area (Å²) in [5.74, 6) is 1.88. The fraction of sp³-hybridized carbons (Fsp3) is 0.857. The summed E-state index contributed by atoms with van der Waals surface area (Å²) in [6.07, 6.45) is 6.25. The zero-order valence-electron chi connectivity index (χ0n) is 12.3. The third-order valence-electron chi connectivity index (χ3n) is 3.15. The first-order chi connectivity index (χ1) is 8.67. The number of aryl methyl sites for hydroxylation is 1. The molecule has 0 saturated carbocycles. The number of hydrogen-bond donors (Lipinski definition) is 1. The highest BCUT2D eigenvalue weighted by Gasteiger charge is 2.13. The molecular formula is C14H28N4. The van der Waals surface area contributed by atoms with Crippen molar-refractivity contribution in [2.45, 2.75) is 66.0 Å². The molecule has 1 heterocycles. The summed E-state index contributed by atoms with van der Waals surface area (Å²) < 4.78 is 2.04. The summed E-state index contributed by atoms with van der Waals surface area (Å²) in [6.45, 7) is 10.9. The van der Waals surface area contributed by atoms with Gasteiger partial charge in [0.25, 0.3) is 0 Å². The molecular weight excluding hydrogens is 224 g/mol. The van der Waals surface area contributed by atoms with Crippen molar-refractivity contribution in [1.82, 2.24) is 20.1 Å². The molecule has 0 aromatic carbocycles. The Morgan fingerprint density at radius 2 is 2.06 bits per heavy atom. The Morgan fingerprint density at radius 1 is 1.28 bits per heavy atom. The Hall–Kier alpha value is -0.900. The van der Waals surface area contributed by atoms with Crippen LogP contribution in [0.1, 0.15) is 52.8 Å². The van der Waals surface area contributed by atoms with Gasteiger partial charge in [-0.2, -0.15) is 5.10 Å². The minimum atomic E-state index is 0.525. The molecule has 0 fully saturated rings. The summed E-state index contributed by atoms with van der Waals surface area (Å²) >= 11 is 0. The van der Waals surface area contributed by atoms with E-state index in [1.54, 1.807) is 6.33 Å². The third kappa shape index (κ3) is 5.17. The van der Waals surface area contributed by atoms with Gasteiger partial charge in [-0.25, -0.2) is 4.98 Å². The van der Waals surface area contributed by atoms with Gasteiger partial charge in [0.05, 0.1) is 0 Å². The molecule has 0 aliphatic rings. The lowest BCUT2D eigenvalue weighted by molar-refractivity contribution is 0.419. The minimum absolute atomic E-state index is 0.525. The van der Waals surface area contributed by atoms with Crippen LogP contribution in [0.4, 0.5) is 0 Å². The maximum Gasteiger partial charge on any atom is 0.138 e. The van der Waals surface area contributed by atoms with Gasteiger partial charge >= 0.3 is 0 Å². The number of likely N-dealkylation sites (N-methyl/N-ethyl adjacent to an activating group) is 1. The van der Waals surface area contributed by atoms with Crippen LogP contribution in [-0.4, -0.2) is 27.4 Å². The van der Waals surface area contributed by atoms with Gasteiger partial charge in [-0.1, -0.05) is 27.7 Å². The monoisotopic (exact) mass is 252 g/mol. The van der Waals surface area contributed by atoms with E-state index in [1.165, 1.54) is 12.8 Å². The molecule has 18 heavy (non-hydrogen) atoms. The van der Waals surface area contributed by atoms with Crippen LogP contribution < -0.4 is 5.32 Å². The smallest absolute Gasteiger partial charge is 0.138 e. The molecule has 1 rings (SSSR count). The molecule has 1 unspecified atom stereocenters. The van der Waals surface area contributed by atoms with Crippen molar-refractivity contribution < 1.29 is 0 Å². The largest absolute Gasteiger partial charge is 0.314 e. The Kier molecular flexibility index (Phi) is 6.94. The predicted molar refractivity (Wildman–Crippen MR) is 75.6 cm³/mol. The Bertz CT molecular complexity index is 319. The topological polar surface area (TPSA) is 42.7 Å². The molecule has 1 N–H and O–H groups in total. The normalized spacial score (nSPS) is 13.2. The van der Waals surface area contributed by atoms with Gasteiger partial charge in [-0.05, 0) is 31.7 Å². The van der Waals surface area contributed by atoms with E-state index < -0.39 is 0 Å². The van der Waals surface area contributed by atoms with Crippen molar-refractivity contribution in [1.29, 1.82) is 0 Å². The maximum absolute atomic E-state index is 4.40. The second-order valence-electron chi connectivity index (χ2n) is 5.33. The van der Waals surface area contributed by atoms with E-state index in [4.69, 9.17) is 0 Å². The standard InChI is InChI=1S/C14H28N4/c1-5-9-18-14(16-11-17-18)10-13(15-6-2)8-7-12(3)4/h11-13,15H,5-10H2,1-4H3. The van der Waals surface area contributed by atoms with Crippen molar-refractivity contribution in [2.24, 2.45) is 5.92 Å². The first-order valence-corrected chi connectivity index (χ1v) is 7.27. The highest BCUT2D eigenvalue weighted by Crippen LogP contribution is 2.10. The zero-order valence-corrected chi connectivity index (χ0v) is 12.3. The minimum Gasteiger partial charge on any atom is -0.314 e. The van der Waals surface area contributed by atoms with E-state index in [0.717, 1.165) is 37.7 Å². The quantitative estimate of drug-likeness (QED) is 0.734. The molecule has 104 valence electrons. The molecule has 0 aliphatic heterocycles. The van der Waals surface area contributed by atoms with E-state index in [-0.39, 0.29) is 0 Å². The van der Waals surface area contributed by atoms with Gasteiger partial charge < -0.3 is 5.32 Å². The van der Waals surface area contributed by atoms with E-state index in [1.807, 2.05) is 4.68 Å². The highest BCUT2D eigenvalue weighted by molar-refractivity contribution is 4.90. The molecule has 0 radical (unpaired) electrons. The van der Waals surface area contributed by atoms with Crippen molar-refractivity contribution in [3.05, 3.63) is 12.2 Å². The lowest BCUT2D eigenvalue weighted by Gasteiger charge is -2.18. The average Bonchev–Trinajstić information content (AvgIpc) is 2.74. The summed E-state index contributed by atoms with van der Waals surface area (Å²) in [5, 5.41) is 7.86. The van der Waals surface area contributed by atoms with Crippen LogP contribution in [-0.2, 0) is 13.0 Å². The summed E-state index contributed by atoms with van der Waals surface area (Å²) in [4.78, 5) is 4.40. The van der Waals surface area contributed by atoms with Crippen LogP contribution in [0.2, 0.25) is 0 Å². The van der Waals surface area contributed by atoms with Crippen molar-refractivity contribution >= 4 is 0 Å². The van der Waals surface area contributed by atoms with Crippen LogP contribution >= 0.6 is 0 Å². The average molecular weight is 252 g/mol. The summed E-state index contributed by atoms with van der Waals surface area (Å²) in [5.41, 5.74) is 0. The SMILES string of the molecule is CCCn1ncnc1CC(CCC(C)C)NCC. The molecule has 0 amide bonds. The number of aromatic nitrogens is 3. The Balaban J connectivity index is 2.55. The fourth-order valence-corrected chi connectivity index (χ4v) is 2.16. The summed E-state index contributed by atoms with van der Waals surface area (Å²) in [6, 6.07) is 0.525. The van der Waals surface area contributed by atoms with E-state index in [9.17, 15) is 0 Å². The van der Waals surface area contributed by atoms with Gasteiger partial charge in [0.2, 0.25) is 0 Å². The molecule has 0 bridgehead atoms. The first-order valence-electron chi connectivity index (χ1n) is 7.27. The van der Waals surface area contributed by atoms with Crippen LogP contribution in [0.5, 0.6) is 0 Å². The van der Waals surface area contributed by atoms with Gasteiger partial charge in [0.15, 0.2) is 0 Å². The lowest BCUT2D eigenvalue weighted by Crippen LogP contribution is -2.32. The summed E-state index contributed by atoms with van der Waals surface area (Å²) in [7, 11) is 0. The molecule has 0 saturated heterocycles. The van der Waals surface area contributed by atoms with E-state index in [0.29, 0.717) is 6.04 Å². The molecule has 1 aromatic heterocycles. The van der Waals surface area contributed by atoms with E-state index >= 15 is 0 Å². The molecule has 1 atom stereocenters. The number of nitrogens with one attached hydrogen (secondary N) is 1. The van der Waals surface area contributed by atoms with Crippen LogP contribution in [0.25, 0.3) is 0 Å². The van der Waals surface area contributed by atoms with Gasteiger partial charge in [0, 0.05) is 19.0 Å². The number of rotatable bonds is 9. The van der Waals surface area contributed by atoms with Crippen LogP contribution in [0, 0.1) is 5.92 Å². The number of hydrogen-bond acceptors (Lipinski definition) is 3. The Morgan fingerprint density at radius 3 is 2.67 bits per heavy atom. The molecule has 0 aliphatic carbocycles. The van der Waals surface area contributed by atoms with Gasteiger partial charge in [0.1, 0.15) is 12.2 Å². The van der Waals surface area contributed by atoms with Crippen molar-refractivity contribution in [3.8, 4) is 0 Å². The number of nitrogens with zero attached hydrogens (tertiary/aromatic N) is 3. The maximum atomic E-state index is 4.40. The first kappa shape index (κ1) is 15.2. The predicted octanol–water partition coefficient (Wildman–Crippen LogP) is 2.64. The van der Waals surface area contributed by atoms with Gasteiger partial charge in [-0.15, -0.1) is 0 Å². The second kappa shape index (κ2) is 8.25. The van der Waals surface area contributed by atoms with Crippen LogP contribution in [0.3, 0.4) is 0 Å². The Labute approximate surface area is 111 Å². The van der Waals surface area contributed by atoms with E-state index in [2.05, 4.69) is 43.1 Å². The molecule has 1 aromatic rings. The molecule has 4 heteroatoms. The third-order valence-corrected chi connectivity index (χ3v) is 3.15. The highest BCUT2D eigenvalue weighted by atomic mass is 15.3.